The van der Waals surface area contributed by atoms with Crippen molar-refractivity contribution in [3.63, 3.8) is 0 Å². The molecule has 0 amide bonds. The molecule has 0 radical (unpaired) electrons. The molecule has 0 saturated carbocycles. The van der Waals surface area contributed by atoms with Crippen molar-refractivity contribution in [1.82, 2.24) is 24.5 Å². The smallest absolute Gasteiger partial charge is 0.242 e. The third-order valence-corrected chi connectivity index (χ3v) is 3.83. The molecule has 0 aliphatic rings. The number of nitrogen functional groups attached to an aromatic ring is 1. The van der Waals surface area contributed by atoms with Gasteiger partial charge >= 0.3 is 0 Å². The Bertz CT molecular complexity index is 1050. The first-order chi connectivity index (χ1) is 12.1. The van der Waals surface area contributed by atoms with Gasteiger partial charge in [0, 0.05) is 10.7 Å². The van der Waals surface area contributed by atoms with E-state index in [0.29, 0.717) is 22.7 Å². The number of fused-ring (bicyclic) bond motifs is 1. The SMILES string of the molecule is Cc1nc(N)nc(-n2c(Nc3cccc(Cl)c3)nc3ccccc32)n1. The van der Waals surface area contributed by atoms with Gasteiger partial charge in [-0.25, -0.2) is 9.55 Å². The van der Waals surface area contributed by atoms with Gasteiger partial charge < -0.3 is 11.1 Å². The monoisotopic (exact) mass is 351 g/mol. The highest BCUT2D eigenvalue weighted by Crippen LogP contribution is 2.26. The highest BCUT2D eigenvalue weighted by atomic mass is 35.5. The maximum absolute atomic E-state index is 6.07. The Morgan fingerprint density at radius 1 is 1.00 bits per heavy atom. The van der Waals surface area contributed by atoms with E-state index in [-0.39, 0.29) is 5.95 Å². The summed E-state index contributed by atoms with van der Waals surface area (Å²) in [5.41, 5.74) is 8.27. The number of aryl methyl sites for hydroxylation is 1. The zero-order chi connectivity index (χ0) is 17.4. The Hall–Kier alpha value is -3.19. The molecule has 0 unspecified atom stereocenters. The minimum absolute atomic E-state index is 0.161. The average molecular weight is 352 g/mol. The van der Waals surface area contributed by atoms with Gasteiger partial charge in [0.15, 0.2) is 0 Å². The first kappa shape index (κ1) is 15.3. The fraction of sp³-hybridized carbons (Fsp3) is 0.0588. The van der Waals surface area contributed by atoms with Crippen molar-refractivity contribution < 1.29 is 0 Å². The van der Waals surface area contributed by atoms with Gasteiger partial charge in [0.2, 0.25) is 17.8 Å². The number of benzene rings is 2. The van der Waals surface area contributed by atoms with E-state index < -0.39 is 0 Å². The number of para-hydroxylation sites is 2. The predicted molar refractivity (Wildman–Crippen MR) is 98.3 cm³/mol. The number of hydrogen-bond donors (Lipinski definition) is 2. The van der Waals surface area contributed by atoms with Gasteiger partial charge in [0.05, 0.1) is 11.0 Å². The molecule has 0 spiro atoms. The molecule has 0 atom stereocenters. The molecule has 3 N–H and O–H groups in total. The lowest BCUT2D eigenvalue weighted by atomic mass is 10.3. The number of imidazole rings is 1. The van der Waals surface area contributed by atoms with E-state index in [9.17, 15) is 0 Å². The number of nitrogens with one attached hydrogen (secondary N) is 1. The first-order valence-corrected chi connectivity index (χ1v) is 7.96. The van der Waals surface area contributed by atoms with Crippen molar-refractivity contribution in [3.8, 4) is 5.95 Å². The predicted octanol–water partition coefficient (Wildman–Crippen LogP) is 3.50. The molecular formula is C17H14ClN7. The third-order valence-electron chi connectivity index (χ3n) is 3.59. The number of halogens is 1. The standard InChI is InChI=1S/C17H14ClN7/c1-10-20-15(19)24-16(21-10)25-14-8-3-2-7-13(14)23-17(25)22-12-6-4-5-11(18)9-12/h2-9H,1H3,(H,22,23)(H2,19,20,21,24). The number of hydrogen-bond acceptors (Lipinski definition) is 6. The largest absolute Gasteiger partial charge is 0.368 e. The molecule has 0 saturated heterocycles. The summed E-state index contributed by atoms with van der Waals surface area (Å²) in [6.45, 7) is 1.77. The van der Waals surface area contributed by atoms with E-state index in [4.69, 9.17) is 17.3 Å². The lowest BCUT2D eigenvalue weighted by Crippen LogP contribution is -2.10. The minimum atomic E-state index is 0.161. The number of aromatic nitrogens is 5. The maximum Gasteiger partial charge on any atom is 0.242 e. The van der Waals surface area contributed by atoms with Crippen molar-refractivity contribution in [3.05, 3.63) is 59.4 Å². The zero-order valence-corrected chi connectivity index (χ0v) is 14.1. The van der Waals surface area contributed by atoms with Gasteiger partial charge in [-0.15, -0.1) is 0 Å². The van der Waals surface area contributed by atoms with Crippen molar-refractivity contribution in [2.24, 2.45) is 0 Å². The minimum Gasteiger partial charge on any atom is -0.368 e. The Labute approximate surface area is 148 Å². The van der Waals surface area contributed by atoms with Gasteiger partial charge in [-0.3, -0.25) is 0 Å². The molecule has 0 aliphatic heterocycles. The lowest BCUT2D eigenvalue weighted by Gasteiger charge is -2.10. The second-order valence-electron chi connectivity index (χ2n) is 5.44. The summed E-state index contributed by atoms with van der Waals surface area (Å²) in [6, 6.07) is 15.1. The summed E-state index contributed by atoms with van der Waals surface area (Å²) in [5, 5.41) is 3.90. The van der Waals surface area contributed by atoms with Gasteiger partial charge in [-0.05, 0) is 37.3 Å². The van der Waals surface area contributed by atoms with E-state index in [1.807, 2.05) is 48.5 Å². The average Bonchev–Trinajstić information content (AvgIpc) is 2.91. The summed E-state index contributed by atoms with van der Waals surface area (Å²) < 4.78 is 1.81. The van der Waals surface area contributed by atoms with E-state index in [1.54, 1.807) is 11.5 Å². The van der Waals surface area contributed by atoms with Crippen LogP contribution in [0.4, 0.5) is 17.6 Å². The van der Waals surface area contributed by atoms with Crippen LogP contribution in [0, 0.1) is 6.92 Å². The molecule has 0 aliphatic carbocycles. The molecule has 2 aromatic carbocycles. The molecule has 4 aromatic rings. The highest BCUT2D eigenvalue weighted by Gasteiger charge is 2.15. The number of rotatable bonds is 3. The summed E-state index contributed by atoms with van der Waals surface area (Å²) in [5.74, 6) is 1.67. The van der Waals surface area contributed by atoms with Crippen molar-refractivity contribution in [2.75, 3.05) is 11.1 Å². The van der Waals surface area contributed by atoms with Crippen molar-refractivity contribution in [1.29, 1.82) is 0 Å². The number of anilines is 3. The summed E-state index contributed by atoms with van der Waals surface area (Å²) in [6.07, 6.45) is 0. The second kappa shape index (κ2) is 6.03. The molecule has 0 bridgehead atoms. The summed E-state index contributed by atoms with van der Waals surface area (Å²) >= 11 is 6.07. The van der Waals surface area contributed by atoms with Crippen LogP contribution in [-0.4, -0.2) is 24.5 Å². The zero-order valence-electron chi connectivity index (χ0n) is 13.3. The summed E-state index contributed by atoms with van der Waals surface area (Å²) in [4.78, 5) is 17.3. The molecule has 7 nitrogen and oxygen atoms in total. The van der Waals surface area contributed by atoms with Crippen LogP contribution in [0.15, 0.2) is 48.5 Å². The van der Waals surface area contributed by atoms with Crippen molar-refractivity contribution >= 4 is 40.2 Å². The van der Waals surface area contributed by atoms with Crippen LogP contribution in [0.5, 0.6) is 0 Å². The summed E-state index contributed by atoms with van der Waals surface area (Å²) in [7, 11) is 0. The Kier molecular flexibility index (Phi) is 3.70. The number of nitrogens with two attached hydrogens (primary N) is 1. The topological polar surface area (TPSA) is 94.5 Å². The van der Waals surface area contributed by atoms with E-state index in [0.717, 1.165) is 16.7 Å². The van der Waals surface area contributed by atoms with Crippen LogP contribution in [-0.2, 0) is 0 Å². The van der Waals surface area contributed by atoms with Gasteiger partial charge in [0.25, 0.3) is 0 Å². The third kappa shape index (κ3) is 2.97. The molecule has 2 heterocycles. The van der Waals surface area contributed by atoms with Crippen LogP contribution >= 0.6 is 11.6 Å². The van der Waals surface area contributed by atoms with E-state index in [1.165, 1.54) is 0 Å². The lowest BCUT2D eigenvalue weighted by molar-refractivity contribution is 0.894. The fourth-order valence-electron chi connectivity index (χ4n) is 2.60. The Morgan fingerprint density at radius 3 is 2.64 bits per heavy atom. The van der Waals surface area contributed by atoms with Crippen LogP contribution < -0.4 is 11.1 Å². The molecule has 124 valence electrons. The quantitative estimate of drug-likeness (QED) is 0.586. The normalized spacial score (nSPS) is 11.0. The molecule has 25 heavy (non-hydrogen) atoms. The highest BCUT2D eigenvalue weighted by molar-refractivity contribution is 6.30. The number of nitrogens with zero attached hydrogens (tertiary/aromatic N) is 5. The second-order valence-corrected chi connectivity index (χ2v) is 5.87. The fourth-order valence-corrected chi connectivity index (χ4v) is 2.79. The van der Waals surface area contributed by atoms with Crippen LogP contribution in [0.1, 0.15) is 5.82 Å². The van der Waals surface area contributed by atoms with Gasteiger partial charge in [-0.1, -0.05) is 29.8 Å². The molecule has 8 heteroatoms. The van der Waals surface area contributed by atoms with Gasteiger partial charge in [-0.2, -0.15) is 15.0 Å². The van der Waals surface area contributed by atoms with E-state index >= 15 is 0 Å². The molecule has 0 fully saturated rings. The molecule has 4 rings (SSSR count). The maximum atomic E-state index is 6.07. The van der Waals surface area contributed by atoms with Crippen LogP contribution in [0.2, 0.25) is 5.02 Å². The molecular weight excluding hydrogens is 338 g/mol. The van der Waals surface area contributed by atoms with Crippen LogP contribution in [0.25, 0.3) is 17.0 Å². The van der Waals surface area contributed by atoms with Crippen LogP contribution in [0.3, 0.4) is 0 Å². The Morgan fingerprint density at radius 2 is 1.84 bits per heavy atom. The van der Waals surface area contributed by atoms with Gasteiger partial charge in [0.1, 0.15) is 5.82 Å². The Balaban J connectivity index is 1.92. The molecule has 2 aromatic heterocycles. The first-order valence-electron chi connectivity index (χ1n) is 7.59. The van der Waals surface area contributed by atoms with Crippen molar-refractivity contribution in [2.45, 2.75) is 6.92 Å². The van der Waals surface area contributed by atoms with E-state index in [2.05, 4.69) is 25.3 Å².